The Morgan fingerprint density at radius 3 is 2.39 bits per heavy atom. The molecule has 0 saturated carbocycles. The zero-order chi connectivity index (χ0) is 22.2. The molecule has 0 radical (unpaired) electrons. The number of allylic oxidation sites excluding steroid dienone is 1. The maximum Gasteiger partial charge on any atom is 0.343 e. The number of aryl methyl sites for hydroxylation is 1. The highest BCUT2D eigenvalue weighted by Crippen LogP contribution is 2.41. The lowest BCUT2D eigenvalue weighted by molar-refractivity contribution is 0.0681. The van der Waals surface area contributed by atoms with Crippen LogP contribution in [-0.4, -0.2) is 17.0 Å². The third-order valence-corrected chi connectivity index (χ3v) is 5.77. The maximum atomic E-state index is 12.9. The van der Waals surface area contributed by atoms with E-state index in [0.29, 0.717) is 5.56 Å². The first kappa shape index (κ1) is 20.6. The van der Waals surface area contributed by atoms with Crippen molar-refractivity contribution in [3.8, 4) is 5.75 Å². The smallest absolute Gasteiger partial charge is 0.343 e. The quantitative estimate of drug-likeness (QED) is 0.420. The molecule has 0 unspecified atom stereocenters. The van der Waals surface area contributed by atoms with Gasteiger partial charge in [-0.15, -0.1) is 0 Å². The van der Waals surface area contributed by atoms with E-state index in [4.69, 9.17) is 4.74 Å². The SMILES string of the molecule is Cc1ccc(C2=CCC(C)(C)c3ccc(C(=O)Oc4ccccc4C(=O)O)cc32)cc1. The molecule has 1 aliphatic rings. The minimum atomic E-state index is -1.14. The molecule has 4 rings (SSSR count). The van der Waals surface area contributed by atoms with Crippen molar-refractivity contribution in [3.05, 3.63) is 106 Å². The van der Waals surface area contributed by atoms with Crippen molar-refractivity contribution in [2.45, 2.75) is 32.6 Å². The fourth-order valence-electron chi connectivity index (χ4n) is 3.96. The molecule has 0 saturated heterocycles. The van der Waals surface area contributed by atoms with Crippen LogP contribution in [0.5, 0.6) is 5.75 Å². The van der Waals surface area contributed by atoms with Crippen molar-refractivity contribution >= 4 is 17.5 Å². The van der Waals surface area contributed by atoms with Gasteiger partial charge >= 0.3 is 11.9 Å². The monoisotopic (exact) mass is 412 g/mol. The summed E-state index contributed by atoms with van der Waals surface area (Å²) in [5.74, 6) is -1.68. The molecule has 4 nitrogen and oxygen atoms in total. The summed E-state index contributed by atoms with van der Waals surface area (Å²) >= 11 is 0. The van der Waals surface area contributed by atoms with Gasteiger partial charge in [0.05, 0.1) is 5.56 Å². The number of fused-ring (bicyclic) bond motifs is 1. The Bertz CT molecular complexity index is 1200. The zero-order valence-corrected chi connectivity index (χ0v) is 17.8. The van der Waals surface area contributed by atoms with Gasteiger partial charge in [-0.2, -0.15) is 0 Å². The highest BCUT2D eigenvalue weighted by molar-refractivity contribution is 5.96. The summed E-state index contributed by atoms with van der Waals surface area (Å²) in [5, 5.41) is 9.35. The number of esters is 1. The van der Waals surface area contributed by atoms with Crippen LogP contribution in [0.4, 0.5) is 0 Å². The normalized spacial score (nSPS) is 14.4. The molecule has 4 heteroatoms. The van der Waals surface area contributed by atoms with E-state index in [1.54, 1.807) is 18.2 Å². The van der Waals surface area contributed by atoms with Crippen LogP contribution in [0.25, 0.3) is 5.57 Å². The van der Waals surface area contributed by atoms with Crippen LogP contribution in [-0.2, 0) is 5.41 Å². The minimum Gasteiger partial charge on any atom is -0.478 e. The largest absolute Gasteiger partial charge is 0.478 e. The molecule has 3 aromatic carbocycles. The molecule has 0 atom stereocenters. The van der Waals surface area contributed by atoms with Crippen molar-refractivity contribution in [1.82, 2.24) is 0 Å². The van der Waals surface area contributed by atoms with Gasteiger partial charge in [0.15, 0.2) is 0 Å². The van der Waals surface area contributed by atoms with Gasteiger partial charge in [0.1, 0.15) is 11.3 Å². The van der Waals surface area contributed by atoms with Gasteiger partial charge in [0, 0.05) is 0 Å². The number of carboxylic acids is 1. The molecule has 0 aromatic heterocycles. The van der Waals surface area contributed by atoms with Crippen LogP contribution in [0.15, 0.2) is 72.8 Å². The highest BCUT2D eigenvalue weighted by Gasteiger charge is 2.29. The van der Waals surface area contributed by atoms with E-state index in [1.807, 2.05) is 12.1 Å². The number of hydrogen-bond acceptors (Lipinski definition) is 3. The molecule has 0 aliphatic heterocycles. The highest BCUT2D eigenvalue weighted by atomic mass is 16.5. The summed E-state index contributed by atoms with van der Waals surface area (Å²) in [5.41, 5.74) is 5.84. The number of para-hydroxylation sites is 1. The van der Waals surface area contributed by atoms with Crippen molar-refractivity contribution in [2.24, 2.45) is 0 Å². The third-order valence-electron chi connectivity index (χ3n) is 5.77. The first-order valence-electron chi connectivity index (χ1n) is 10.2. The van der Waals surface area contributed by atoms with Crippen molar-refractivity contribution in [2.75, 3.05) is 0 Å². The summed E-state index contributed by atoms with van der Waals surface area (Å²) in [6.07, 6.45) is 3.13. The second-order valence-electron chi connectivity index (χ2n) is 8.52. The van der Waals surface area contributed by atoms with Gasteiger partial charge < -0.3 is 9.84 Å². The van der Waals surface area contributed by atoms with E-state index in [-0.39, 0.29) is 16.7 Å². The molecular formula is C27H24O4. The van der Waals surface area contributed by atoms with Gasteiger partial charge in [0.2, 0.25) is 0 Å². The molecule has 31 heavy (non-hydrogen) atoms. The number of hydrogen-bond donors (Lipinski definition) is 1. The Morgan fingerprint density at radius 1 is 0.968 bits per heavy atom. The third kappa shape index (κ3) is 4.02. The lowest BCUT2D eigenvalue weighted by Crippen LogP contribution is -2.22. The summed E-state index contributed by atoms with van der Waals surface area (Å²) in [6, 6.07) is 20.1. The van der Waals surface area contributed by atoms with Gasteiger partial charge in [-0.1, -0.05) is 68.0 Å². The first-order valence-corrected chi connectivity index (χ1v) is 10.2. The van der Waals surface area contributed by atoms with Gasteiger partial charge in [-0.05, 0) is 65.3 Å². The number of rotatable bonds is 4. The molecule has 0 heterocycles. The summed E-state index contributed by atoms with van der Waals surface area (Å²) < 4.78 is 5.45. The standard InChI is InChI=1S/C27H24O4/c1-17-8-10-18(11-9-17)20-14-15-27(2,3)23-13-12-19(16-22(20)23)26(30)31-24-7-5-4-6-21(24)25(28)29/h4-14,16H,15H2,1-3H3,(H,28,29). The Kier molecular flexibility index (Phi) is 5.24. The van der Waals surface area contributed by atoms with Crippen molar-refractivity contribution in [3.63, 3.8) is 0 Å². The number of aromatic carboxylic acids is 1. The van der Waals surface area contributed by atoms with Crippen LogP contribution in [0.3, 0.4) is 0 Å². The molecule has 1 N–H and O–H groups in total. The van der Waals surface area contributed by atoms with Gasteiger partial charge in [-0.3, -0.25) is 0 Å². The van der Waals surface area contributed by atoms with E-state index in [1.165, 1.54) is 23.3 Å². The second kappa shape index (κ2) is 7.88. The maximum absolute atomic E-state index is 12.9. The number of carboxylic acid groups (broad SMARTS) is 1. The molecule has 156 valence electrons. The Morgan fingerprint density at radius 2 is 1.68 bits per heavy atom. The van der Waals surface area contributed by atoms with E-state index < -0.39 is 11.9 Å². The lowest BCUT2D eigenvalue weighted by atomic mass is 9.72. The van der Waals surface area contributed by atoms with Crippen molar-refractivity contribution in [1.29, 1.82) is 0 Å². The number of benzene rings is 3. The van der Waals surface area contributed by atoms with Crippen LogP contribution in [0.2, 0.25) is 0 Å². The summed E-state index contributed by atoms with van der Waals surface area (Å²) in [4.78, 5) is 24.3. The predicted octanol–water partition coefficient (Wildman–Crippen LogP) is 6.03. The number of carbonyl (C=O) groups is 2. The zero-order valence-electron chi connectivity index (χ0n) is 17.8. The van der Waals surface area contributed by atoms with E-state index in [9.17, 15) is 14.7 Å². The number of ether oxygens (including phenoxy) is 1. The van der Waals surface area contributed by atoms with Crippen LogP contribution in [0, 0.1) is 6.92 Å². The summed E-state index contributed by atoms with van der Waals surface area (Å²) in [6.45, 7) is 6.43. The fourth-order valence-corrected chi connectivity index (χ4v) is 3.96. The average Bonchev–Trinajstić information content (AvgIpc) is 2.74. The van der Waals surface area contributed by atoms with Crippen LogP contribution in [0.1, 0.15) is 63.2 Å². The van der Waals surface area contributed by atoms with E-state index in [2.05, 4.69) is 51.1 Å². The topological polar surface area (TPSA) is 63.6 Å². The molecular weight excluding hydrogens is 388 g/mol. The molecule has 0 fully saturated rings. The van der Waals surface area contributed by atoms with Crippen molar-refractivity contribution < 1.29 is 19.4 Å². The molecule has 3 aromatic rings. The molecule has 1 aliphatic carbocycles. The Labute approximate surface area is 181 Å². The summed E-state index contributed by atoms with van der Waals surface area (Å²) in [7, 11) is 0. The molecule has 0 spiro atoms. The average molecular weight is 412 g/mol. The second-order valence-corrected chi connectivity index (χ2v) is 8.52. The molecule has 0 amide bonds. The minimum absolute atomic E-state index is 0.0346. The number of carbonyl (C=O) groups excluding carboxylic acids is 1. The van der Waals surface area contributed by atoms with Crippen LogP contribution >= 0.6 is 0 Å². The fraction of sp³-hybridized carbons (Fsp3) is 0.185. The lowest BCUT2D eigenvalue weighted by Gasteiger charge is -2.32. The van der Waals surface area contributed by atoms with E-state index in [0.717, 1.165) is 23.1 Å². The first-order chi connectivity index (χ1) is 14.8. The van der Waals surface area contributed by atoms with Crippen LogP contribution < -0.4 is 4.74 Å². The molecule has 0 bridgehead atoms. The van der Waals surface area contributed by atoms with Gasteiger partial charge in [0.25, 0.3) is 0 Å². The van der Waals surface area contributed by atoms with E-state index >= 15 is 0 Å². The van der Waals surface area contributed by atoms with Gasteiger partial charge in [-0.25, -0.2) is 9.59 Å². The Balaban J connectivity index is 1.73. The Hall–Kier alpha value is -3.66. The predicted molar refractivity (Wildman–Crippen MR) is 121 cm³/mol.